The van der Waals surface area contributed by atoms with Gasteiger partial charge in [0.2, 0.25) is 5.91 Å². The van der Waals surface area contributed by atoms with Crippen LogP contribution in [0.1, 0.15) is 36.3 Å². The monoisotopic (exact) mass is 442 g/mol. The summed E-state index contributed by atoms with van der Waals surface area (Å²) in [5.41, 5.74) is 3.34. The molecule has 7 heteroatoms. The van der Waals surface area contributed by atoms with Crippen molar-refractivity contribution in [3.63, 3.8) is 0 Å². The fourth-order valence-corrected chi connectivity index (χ4v) is 5.73. The Kier molecular flexibility index (Phi) is 5.56. The summed E-state index contributed by atoms with van der Waals surface area (Å²) in [6.07, 6.45) is 6.76. The lowest BCUT2D eigenvalue weighted by Crippen LogP contribution is -2.49. The second-order valence-corrected chi connectivity index (χ2v) is 10.1. The van der Waals surface area contributed by atoms with Gasteiger partial charge in [-0.25, -0.2) is 4.98 Å². The molecule has 158 valence electrons. The van der Waals surface area contributed by atoms with E-state index in [0.717, 1.165) is 66.8 Å². The Morgan fingerprint density at radius 1 is 1.13 bits per heavy atom. The third-order valence-corrected chi connectivity index (χ3v) is 7.57. The van der Waals surface area contributed by atoms with E-state index in [2.05, 4.69) is 27.3 Å². The third-order valence-electron chi connectivity index (χ3n) is 6.42. The molecule has 0 bridgehead atoms. The zero-order chi connectivity index (χ0) is 20.7. The van der Waals surface area contributed by atoms with Gasteiger partial charge in [-0.1, -0.05) is 36.6 Å². The van der Waals surface area contributed by atoms with Crippen LogP contribution in [0.2, 0.25) is 5.02 Å². The highest BCUT2D eigenvalue weighted by atomic mass is 35.5. The van der Waals surface area contributed by atoms with Gasteiger partial charge in [0, 0.05) is 60.3 Å². The number of hydrogen-bond donors (Lipinski definition) is 0. The highest BCUT2D eigenvalue weighted by molar-refractivity contribution is 7.17. The van der Waals surface area contributed by atoms with Gasteiger partial charge in [0.25, 0.3) is 0 Å². The Morgan fingerprint density at radius 2 is 1.83 bits per heavy atom. The average molecular weight is 443 g/mol. The average Bonchev–Trinajstić information content (AvgIpc) is 3.47. The summed E-state index contributed by atoms with van der Waals surface area (Å²) in [4.78, 5) is 24.5. The number of carbonyl (C=O) groups excluding carboxylic acids is 1. The predicted octanol–water partition coefficient (Wildman–Crippen LogP) is 4.86. The summed E-state index contributed by atoms with van der Waals surface area (Å²) in [5, 5.41) is 0.736. The number of hydrogen-bond acceptors (Lipinski definition) is 4. The van der Waals surface area contributed by atoms with Gasteiger partial charge in [0.15, 0.2) is 4.96 Å². The minimum atomic E-state index is 0.274. The van der Waals surface area contributed by atoms with E-state index >= 15 is 0 Å². The van der Waals surface area contributed by atoms with Crippen LogP contribution in [0.3, 0.4) is 0 Å². The van der Waals surface area contributed by atoms with Gasteiger partial charge in [-0.3, -0.25) is 14.1 Å². The number of imidazole rings is 1. The number of benzene rings is 1. The maximum atomic E-state index is 12.8. The number of aryl methyl sites for hydroxylation is 1. The fraction of sp³-hybridized carbons (Fsp3) is 0.478. The third kappa shape index (κ3) is 3.88. The molecule has 5 nitrogen and oxygen atoms in total. The number of aromatic nitrogens is 2. The van der Waals surface area contributed by atoms with E-state index in [-0.39, 0.29) is 5.92 Å². The molecule has 5 rings (SSSR count). The quantitative estimate of drug-likeness (QED) is 0.579. The summed E-state index contributed by atoms with van der Waals surface area (Å²) in [6, 6.07) is 7.94. The largest absolute Gasteiger partial charge is 0.340 e. The standard InChI is InChI=1S/C23H27ClN4OS/c1-16-14-28-20(21(25-23(28)30-16)17-6-8-19(24)9-7-17)15-26-10-12-27(13-11-26)22(29)18-4-2-3-5-18/h6-9,14,18H,2-5,10-13,15H2,1H3. The molecule has 3 heterocycles. The molecule has 1 aliphatic carbocycles. The number of piperazine rings is 1. The van der Waals surface area contributed by atoms with Crippen LogP contribution in [-0.2, 0) is 11.3 Å². The Bertz CT molecular complexity index is 1040. The summed E-state index contributed by atoms with van der Waals surface area (Å²) in [5.74, 6) is 0.658. The van der Waals surface area contributed by atoms with Crippen LogP contribution in [0.4, 0.5) is 0 Å². The molecule has 1 aromatic carbocycles. The molecule has 0 unspecified atom stereocenters. The van der Waals surface area contributed by atoms with Crippen molar-refractivity contribution in [2.75, 3.05) is 26.2 Å². The second-order valence-electron chi connectivity index (χ2n) is 8.49. The number of fused-ring (bicyclic) bond motifs is 1. The first-order chi connectivity index (χ1) is 14.6. The molecule has 1 aliphatic heterocycles. The molecule has 1 saturated heterocycles. The van der Waals surface area contributed by atoms with Gasteiger partial charge in [-0.2, -0.15) is 0 Å². The summed E-state index contributed by atoms with van der Waals surface area (Å²) >= 11 is 7.81. The van der Waals surface area contributed by atoms with Gasteiger partial charge in [-0.15, -0.1) is 11.3 Å². The van der Waals surface area contributed by atoms with E-state index in [1.54, 1.807) is 11.3 Å². The topological polar surface area (TPSA) is 40.9 Å². The molecule has 1 amide bonds. The lowest BCUT2D eigenvalue weighted by Gasteiger charge is -2.36. The number of halogens is 1. The number of rotatable bonds is 4. The summed E-state index contributed by atoms with van der Waals surface area (Å²) in [7, 11) is 0. The molecule has 0 N–H and O–H groups in total. The first-order valence-corrected chi connectivity index (χ1v) is 12.0. The number of amides is 1. The van der Waals surface area contributed by atoms with Gasteiger partial charge in [0.1, 0.15) is 0 Å². The molecule has 1 saturated carbocycles. The highest BCUT2D eigenvalue weighted by Crippen LogP contribution is 2.31. The fourth-order valence-electron chi connectivity index (χ4n) is 4.76. The zero-order valence-electron chi connectivity index (χ0n) is 17.3. The molecular weight excluding hydrogens is 416 g/mol. The lowest BCUT2D eigenvalue weighted by atomic mass is 10.1. The Hall–Kier alpha value is -1.89. The van der Waals surface area contributed by atoms with Crippen LogP contribution in [-0.4, -0.2) is 51.3 Å². The van der Waals surface area contributed by atoms with Crippen molar-refractivity contribution in [1.29, 1.82) is 0 Å². The van der Waals surface area contributed by atoms with Crippen LogP contribution in [0.25, 0.3) is 16.2 Å². The Labute approximate surface area is 186 Å². The molecule has 0 radical (unpaired) electrons. The molecular formula is C23H27ClN4OS. The van der Waals surface area contributed by atoms with Crippen molar-refractivity contribution in [2.45, 2.75) is 39.2 Å². The van der Waals surface area contributed by atoms with Crippen molar-refractivity contribution in [3.8, 4) is 11.3 Å². The van der Waals surface area contributed by atoms with Crippen molar-refractivity contribution in [1.82, 2.24) is 19.2 Å². The smallest absolute Gasteiger partial charge is 0.225 e. The highest BCUT2D eigenvalue weighted by Gasteiger charge is 2.30. The number of carbonyl (C=O) groups is 1. The van der Waals surface area contributed by atoms with E-state index in [1.165, 1.54) is 23.4 Å². The van der Waals surface area contributed by atoms with Crippen molar-refractivity contribution < 1.29 is 4.79 Å². The SMILES string of the molecule is Cc1cn2c(CN3CCN(C(=O)C4CCCC4)CC3)c(-c3ccc(Cl)cc3)nc2s1. The van der Waals surface area contributed by atoms with Gasteiger partial charge < -0.3 is 4.90 Å². The molecule has 2 aliphatic rings. The predicted molar refractivity (Wildman–Crippen MR) is 122 cm³/mol. The first kappa shape index (κ1) is 20.0. The molecule has 0 spiro atoms. The maximum absolute atomic E-state index is 12.8. The minimum Gasteiger partial charge on any atom is -0.340 e. The summed E-state index contributed by atoms with van der Waals surface area (Å²) < 4.78 is 2.24. The molecule has 2 fully saturated rings. The number of thiazole rings is 1. The normalized spacial score (nSPS) is 18.5. The van der Waals surface area contributed by atoms with Crippen molar-refractivity contribution >= 4 is 33.8 Å². The maximum Gasteiger partial charge on any atom is 0.225 e. The van der Waals surface area contributed by atoms with Gasteiger partial charge in [0.05, 0.1) is 11.4 Å². The minimum absolute atomic E-state index is 0.274. The van der Waals surface area contributed by atoms with E-state index in [9.17, 15) is 4.79 Å². The van der Waals surface area contributed by atoms with Crippen LogP contribution in [0.15, 0.2) is 30.5 Å². The van der Waals surface area contributed by atoms with Crippen molar-refractivity contribution in [3.05, 3.63) is 46.1 Å². The van der Waals surface area contributed by atoms with Gasteiger partial charge in [-0.05, 0) is 31.9 Å². The first-order valence-electron chi connectivity index (χ1n) is 10.8. The van der Waals surface area contributed by atoms with Crippen LogP contribution in [0.5, 0.6) is 0 Å². The lowest BCUT2D eigenvalue weighted by molar-refractivity contribution is -0.137. The van der Waals surface area contributed by atoms with Crippen LogP contribution < -0.4 is 0 Å². The molecule has 2 aromatic heterocycles. The van der Waals surface area contributed by atoms with E-state index in [0.29, 0.717) is 5.91 Å². The number of nitrogens with zero attached hydrogens (tertiary/aromatic N) is 4. The zero-order valence-corrected chi connectivity index (χ0v) is 18.9. The molecule has 0 atom stereocenters. The van der Waals surface area contributed by atoms with Crippen LogP contribution in [0, 0.1) is 12.8 Å². The Morgan fingerprint density at radius 3 is 2.53 bits per heavy atom. The molecule has 30 heavy (non-hydrogen) atoms. The van der Waals surface area contributed by atoms with E-state index in [4.69, 9.17) is 16.6 Å². The van der Waals surface area contributed by atoms with E-state index in [1.807, 2.05) is 24.3 Å². The Balaban J connectivity index is 1.34. The summed E-state index contributed by atoms with van der Waals surface area (Å²) in [6.45, 7) is 6.44. The van der Waals surface area contributed by atoms with Gasteiger partial charge >= 0.3 is 0 Å². The second kappa shape index (κ2) is 8.33. The molecule has 3 aromatic rings. The van der Waals surface area contributed by atoms with E-state index < -0.39 is 0 Å². The van der Waals surface area contributed by atoms with Crippen LogP contribution >= 0.6 is 22.9 Å². The van der Waals surface area contributed by atoms with Crippen molar-refractivity contribution in [2.24, 2.45) is 5.92 Å².